The highest BCUT2D eigenvalue weighted by Gasteiger charge is 2.57. The predicted molar refractivity (Wildman–Crippen MR) is 79.7 cm³/mol. The lowest BCUT2D eigenvalue weighted by atomic mass is 9.91. The number of benzene rings is 1. The normalized spacial score (nSPS) is 23.0. The predicted octanol–water partition coefficient (Wildman–Crippen LogP) is 2.88. The van der Waals surface area contributed by atoms with Gasteiger partial charge in [0.2, 0.25) is 5.91 Å². The van der Waals surface area contributed by atoms with Crippen molar-refractivity contribution in [2.45, 2.75) is 26.2 Å². The zero-order valence-electron chi connectivity index (χ0n) is 11.5. The summed E-state index contributed by atoms with van der Waals surface area (Å²) in [5.74, 6) is -0.308. The minimum atomic E-state index is -0.353. The van der Waals surface area contributed by atoms with Crippen LogP contribution in [-0.4, -0.2) is 19.0 Å². The van der Waals surface area contributed by atoms with Gasteiger partial charge in [0, 0.05) is 5.92 Å². The van der Waals surface area contributed by atoms with E-state index in [9.17, 15) is 9.18 Å². The van der Waals surface area contributed by atoms with Crippen molar-refractivity contribution in [2.75, 3.05) is 18.4 Å². The van der Waals surface area contributed by atoms with E-state index in [4.69, 9.17) is 0 Å². The van der Waals surface area contributed by atoms with Gasteiger partial charge in [-0.05, 0) is 56.3 Å². The fourth-order valence-corrected chi connectivity index (χ4v) is 3.20. The van der Waals surface area contributed by atoms with Gasteiger partial charge < -0.3 is 10.6 Å². The summed E-state index contributed by atoms with van der Waals surface area (Å²) in [6, 6.07) is 4.85. The van der Waals surface area contributed by atoms with Crippen LogP contribution in [0, 0.1) is 24.1 Å². The molecule has 5 heteroatoms. The van der Waals surface area contributed by atoms with Crippen molar-refractivity contribution in [2.24, 2.45) is 11.3 Å². The number of amides is 1. The SMILES string of the molecule is Cc1cccc(F)c1NC(=O)C1CC12CCNCC2.Cl. The summed E-state index contributed by atoms with van der Waals surface area (Å²) in [6.07, 6.45) is 3.07. The van der Waals surface area contributed by atoms with Crippen molar-refractivity contribution in [3.05, 3.63) is 29.6 Å². The first kappa shape index (κ1) is 15.3. The molecule has 3 nitrogen and oxygen atoms in total. The van der Waals surface area contributed by atoms with Crippen molar-refractivity contribution in [1.82, 2.24) is 5.32 Å². The molecule has 2 fully saturated rings. The molecular weight excluding hydrogens is 279 g/mol. The standard InChI is InChI=1S/C15H19FN2O.ClH/c1-10-3-2-4-12(16)13(10)18-14(19)11-9-15(11)5-7-17-8-6-15;/h2-4,11,17H,5-9H2,1H3,(H,18,19);1H. The Bertz CT molecular complexity index is 494. The fourth-order valence-electron chi connectivity index (χ4n) is 3.20. The van der Waals surface area contributed by atoms with Crippen molar-refractivity contribution in [3.63, 3.8) is 0 Å². The van der Waals surface area contributed by atoms with Crippen LogP contribution in [-0.2, 0) is 4.79 Å². The Labute approximate surface area is 124 Å². The van der Waals surface area contributed by atoms with Crippen LogP contribution < -0.4 is 10.6 Å². The quantitative estimate of drug-likeness (QED) is 0.881. The Morgan fingerprint density at radius 1 is 1.40 bits per heavy atom. The molecule has 0 radical (unpaired) electrons. The summed E-state index contributed by atoms with van der Waals surface area (Å²) in [7, 11) is 0. The van der Waals surface area contributed by atoms with Crippen molar-refractivity contribution >= 4 is 24.0 Å². The van der Waals surface area contributed by atoms with Crippen molar-refractivity contribution < 1.29 is 9.18 Å². The number of halogens is 2. The molecule has 2 N–H and O–H groups in total. The van der Waals surface area contributed by atoms with Crippen LogP contribution in [0.3, 0.4) is 0 Å². The maximum absolute atomic E-state index is 13.7. The molecule has 110 valence electrons. The zero-order valence-corrected chi connectivity index (χ0v) is 12.4. The van der Waals surface area contributed by atoms with Gasteiger partial charge in [-0.1, -0.05) is 12.1 Å². The molecule has 1 aliphatic heterocycles. The van der Waals surface area contributed by atoms with E-state index in [1.165, 1.54) is 6.07 Å². The summed E-state index contributed by atoms with van der Waals surface area (Å²) in [4.78, 5) is 12.3. The summed E-state index contributed by atoms with van der Waals surface area (Å²) >= 11 is 0. The van der Waals surface area contributed by atoms with Gasteiger partial charge >= 0.3 is 0 Å². The van der Waals surface area contributed by atoms with E-state index in [0.29, 0.717) is 5.69 Å². The molecule has 1 unspecified atom stereocenters. The van der Waals surface area contributed by atoms with Gasteiger partial charge in [-0.2, -0.15) is 0 Å². The Morgan fingerprint density at radius 3 is 2.75 bits per heavy atom. The number of piperidine rings is 1. The number of aryl methyl sites for hydroxylation is 1. The first-order valence-corrected chi connectivity index (χ1v) is 6.89. The summed E-state index contributed by atoms with van der Waals surface area (Å²) in [6.45, 7) is 3.79. The highest BCUT2D eigenvalue weighted by molar-refractivity contribution is 5.95. The Hall–Kier alpha value is -1.13. The molecule has 1 aromatic rings. The highest BCUT2D eigenvalue weighted by atomic mass is 35.5. The summed E-state index contributed by atoms with van der Waals surface area (Å²) in [5.41, 5.74) is 1.30. The molecule has 1 heterocycles. The second kappa shape index (κ2) is 5.70. The third kappa shape index (κ3) is 2.67. The molecule has 0 aromatic heterocycles. The monoisotopic (exact) mass is 298 g/mol. The van der Waals surface area contributed by atoms with Crippen LogP contribution in [0.25, 0.3) is 0 Å². The van der Waals surface area contributed by atoms with Crippen LogP contribution >= 0.6 is 12.4 Å². The van der Waals surface area contributed by atoms with E-state index in [-0.39, 0.29) is 35.5 Å². The van der Waals surface area contributed by atoms with Crippen LogP contribution in [0.2, 0.25) is 0 Å². The average Bonchev–Trinajstić information content (AvgIpc) is 3.08. The molecule has 1 spiro atoms. The number of anilines is 1. The Kier molecular flexibility index (Phi) is 4.35. The van der Waals surface area contributed by atoms with E-state index >= 15 is 0 Å². The molecular formula is C15H20ClFN2O. The maximum Gasteiger partial charge on any atom is 0.228 e. The van der Waals surface area contributed by atoms with Gasteiger partial charge in [0.15, 0.2) is 0 Å². The lowest BCUT2D eigenvalue weighted by Crippen LogP contribution is -2.31. The minimum absolute atomic E-state index is 0. The number of carbonyl (C=O) groups excluding carboxylic acids is 1. The molecule has 2 aliphatic rings. The van der Waals surface area contributed by atoms with E-state index in [0.717, 1.165) is 37.9 Å². The maximum atomic E-state index is 13.7. The number of nitrogens with one attached hydrogen (secondary N) is 2. The van der Waals surface area contributed by atoms with Crippen LogP contribution in [0.15, 0.2) is 18.2 Å². The Balaban J connectivity index is 0.00000147. The molecule has 1 amide bonds. The minimum Gasteiger partial charge on any atom is -0.323 e. The summed E-state index contributed by atoms with van der Waals surface area (Å²) < 4.78 is 13.7. The van der Waals surface area contributed by atoms with Crippen LogP contribution in [0.1, 0.15) is 24.8 Å². The fraction of sp³-hybridized carbons (Fsp3) is 0.533. The molecule has 1 saturated heterocycles. The lowest BCUT2D eigenvalue weighted by Gasteiger charge is -2.23. The second-order valence-electron chi connectivity index (χ2n) is 5.79. The molecule has 1 saturated carbocycles. The zero-order chi connectivity index (χ0) is 13.5. The smallest absolute Gasteiger partial charge is 0.228 e. The van der Waals surface area contributed by atoms with Crippen LogP contribution in [0.4, 0.5) is 10.1 Å². The highest BCUT2D eigenvalue weighted by Crippen LogP contribution is 2.58. The third-order valence-electron chi connectivity index (χ3n) is 4.58. The first-order valence-electron chi connectivity index (χ1n) is 6.89. The molecule has 3 rings (SSSR count). The van der Waals surface area contributed by atoms with E-state index in [1.54, 1.807) is 6.07 Å². The number of carbonyl (C=O) groups is 1. The molecule has 20 heavy (non-hydrogen) atoms. The van der Waals surface area contributed by atoms with Crippen molar-refractivity contribution in [1.29, 1.82) is 0 Å². The lowest BCUT2D eigenvalue weighted by molar-refractivity contribution is -0.118. The average molecular weight is 299 g/mol. The number of rotatable bonds is 2. The topological polar surface area (TPSA) is 41.1 Å². The van der Waals surface area contributed by atoms with Gasteiger partial charge in [0.1, 0.15) is 5.82 Å². The molecule has 1 aromatic carbocycles. The van der Waals surface area contributed by atoms with E-state index in [2.05, 4.69) is 10.6 Å². The van der Waals surface area contributed by atoms with E-state index in [1.807, 2.05) is 13.0 Å². The Morgan fingerprint density at radius 2 is 2.10 bits per heavy atom. The molecule has 1 aliphatic carbocycles. The van der Waals surface area contributed by atoms with Gasteiger partial charge in [-0.3, -0.25) is 4.79 Å². The van der Waals surface area contributed by atoms with Gasteiger partial charge in [-0.15, -0.1) is 12.4 Å². The number of para-hydroxylation sites is 1. The van der Waals surface area contributed by atoms with Gasteiger partial charge in [-0.25, -0.2) is 4.39 Å². The van der Waals surface area contributed by atoms with Crippen molar-refractivity contribution in [3.8, 4) is 0 Å². The largest absolute Gasteiger partial charge is 0.323 e. The third-order valence-corrected chi connectivity index (χ3v) is 4.58. The molecule has 1 atom stereocenters. The van der Waals surface area contributed by atoms with Crippen LogP contribution in [0.5, 0.6) is 0 Å². The first-order chi connectivity index (χ1) is 9.12. The number of hydrogen-bond acceptors (Lipinski definition) is 2. The van der Waals surface area contributed by atoms with E-state index < -0.39 is 0 Å². The number of hydrogen-bond donors (Lipinski definition) is 2. The van der Waals surface area contributed by atoms with Gasteiger partial charge in [0.05, 0.1) is 5.69 Å². The molecule has 0 bridgehead atoms. The summed E-state index contributed by atoms with van der Waals surface area (Å²) in [5, 5.41) is 6.09. The van der Waals surface area contributed by atoms with Gasteiger partial charge in [0.25, 0.3) is 0 Å². The second-order valence-corrected chi connectivity index (χ2v) is 5.79.